The van der Waals surface area contributed by atoms with Crippen LogP contribution in [0.25, 0.3) is 11.1 Å². The summed E-state index contributed by atoms with van der Waals surface area (Å²) < 4.78 is 0. The number of nitrogens with zero attached hydrogens (tertiary/aromatic N) is 3. The lowest BCUT2D eigenvalue weighted by molar-refractivity contribution is 0.0970. The minimum atomic E-state index is 0. The summed E-state index contributed by atoms with van der Waals surface area (Å²) in [7, 11) is 0. The second kappa shape index (κ2) is 13.6. The van der Waals surface area contributed by atoms with E-state index in [0.29, 0.717) is 5.92 Å². The zero-order valence-corrected chi connectivity index (χ0v) is 21.3. The van der Waals surface area contributed by atoms with Crippen molar-refractivity contribution >= 4 is 37.2 Å². The van der Waals surface area contributed by atoms with Crippen LogP contribution in [0, 0.1) is 0 Å². The van der Waals surface area contributed by atoms with E-state index in [1.807, 2.05) is 0 Å². The first-order valence-corrected chi connectivity index (χ1v) is 11.3. The zero-order chi connectivity index (χ0) is 19.3. The van der Waals surface area contributed by atoms with Crippen LogP contribution >= 0.6 is 37.2 Å². The van der Waals surface area contributed by atoms with Gasteiger partial charge in [0.25, 0.3) is 0 Å². The summed E-state index contributed by atoms with van der Waals surface area (Å²) in [5.41, 5.74) is 5.16. The van der Waals surface area contributed by atoms with Gasteiger partial charge in [0, 0.05) is 36.0 Å². The van der Waals surface area contributed by atoms with E-state index in [1.54, 1.807) is 0 Å². The molecule has 2 heterocycles. The number of pyridine rings is 1. The van der Waals surface area contributed by atoms with Gasteiger partial charge in [0.05, 0.1) is 0 Å². The second-order valence-corrected chi connectivity index (χ2v) is 8.53. The number of halogens is 3. The SMILES string of the molecule is CCN(CC)Cc1ccc(-c2ccc(C3CCN(C4CCC4)CC3)nc2)cc1.Cl.Cl.Cl. The average molecular weight is 487 g/mol. The monoisotopic (exact) mass is 485 g/mol. The first-order valence-electron chi connectivity index (χ1n) is 11.3. The van der Waals surface area contributed by atoms with Crippen molar-refractivity contribution in [2.24, 2.45) is 0 Å². The zero-order valence-electron chi connectivity index (χ0n) is 18.8. The quantitative estimate of drug-likeness (QED) is 0.440. The summed E-state index contributed by atoms with van der Waals surface area (Å²) in [6.07, 6.45) is 8.89. The van der Waals surface area contributed by atoms with E-state index in [9.17, 15) is 0 Å². The maximum atomic E-state index is 4.85. The van der Waals surface area contributed by atoms with Crippen LogP contribution in [0.3, 0.4) is 0 Å². The molecule has 0 amide bonds. The Balaban J connectivity index is 0.00000160. The number of rotatable bonds is 7. The van der Waals surface area contributed by atoms with Gasteiger partial charge in [-0.15, -0.1) is 37.2 Å². The summed E-state index contributed by atoms with van der Waals surface area (Å²) >= 11 is 0. The van der Waals surface area contributed by atoms with E-state index < -0.39 is 0 Å². The van der Waals surface area contributed by atoms with E-state index in [4.69, 9.17) is 4.98 Å². The van der Waals surface area contributed by atoms with E-state index in [2.05, 4.69) is 66.2 Å². The van der Waals surface area contributed by atoms with Crippen molar-refractivity contribution in [1.29, 1.82) is 0 Å². The van der Waals surface area contributed by atoms with Gasteiger partial charge in [-0.3, -0.25) is 9.88 Å². The molecule has 1 saturated carbocycles. The molecule has 0 bridgehead atoms. The standard InChI is InChI=1S/C25H35N3.3ClH/c1-3-27(4-2)19-20-8-10-21(11-9-20)23-12-13-25(26-18-23)22-14-16-28(17-15-22)24-6-5-7-24;;;/h8-13,18,22,24H,3-7,14-17,19H2,1-2H3;3*1H. The molecule has 1 saturated heterocycles. The normalized spacial score (nSPS) is 17.3. The lowest BCUT2D eigenvalue weighted by atomic mass is 9.86. The number of benzene rings is 1. The highest BCUT2D eigenvalue weighted by molar-refractivity contribution is 5.86. The van der Waals surface area contributed by atoms with Gasteiger partial charge in [0.1, 0.15) is 0 Å². The Hall–Kier alpha value is -0.840. The maximum absolute atomic E-state index is 4.85. The average Bonchev–Trinajstić information content (AvgIpc) is 2.72. The molecule has 1 aliphatic heterocycles. The van der Waals surface area contributed by atoms with Crippen molar-refractivity contribution in [2.75, 3.05) is 26.2 Å². The molecule has 0 unspecified atom stereocenters. The summed E-state index contributed by atoms with van der Waals surface area (Å²) in [5, 5.41) is 0. The molecule has 2 aliphatic rings. The molecule has 1 aromatic heterocycles. The van der Waals surface area contributed by atoms with Crippen molar-refractivity contribution in [3.63, 3.8) is 0 Å². The van der Waals surface area contributed by atoms with Gasteiger partial charge in [0.15, 0.2) is 0 Å². The van der Waals surface area contributed by atoms with E-state index in [1.165, 1.54) is 67.6 Å². The Morgan fingerprint density at radius 2 is 1.45 bits per heavy atom. The number of piperidine rings is 1. The van der Waals surface area contributed by atoms with Crippen LogP contribution in [0.4, 0.5) is 0 Å². The Morgan fingerprint density at radius 1 is 0.839 bits per heavy atom. The molecule has 31 heavy (non-hydrogen) atoms. The van der Waals surface area contributed by atoms with Gasteiger partial charge in [-0.1, -0.05) is 50.6 Å². The highest BCUT2D eigenvalue weighted by atomic mass is 35.5. The lowest BCUT2D eigenvalue weighted by Crippen LogP contribution is -2.44. The van der Waals surface area contributed by atoms with Crippen molar-refractivity contribution < 1.29 is 0 Å². The maximum Gasteiger partial charge on any atom is 0.0435 e. The molecule has 0 N–H and O–H groups in total. The highest BCUT2D eigenvalue weighted by Crippen LogP contribution is 2.33. The predicted molar refractivity (Wildman–Crippen MR) is 139 cm³/mol. The van der Waals surface area contributed by atoms with E-state index in [0.717, 1.165) is 25.7 Å². The first-order chi connectivity index (χ1) is 13.8. The van der Waals surface area contributed by atoms with Gasteiger partial charge in [-0.25, -0.2) is 0 Å². The largest absolute Gasteiger partial charge is 0.300 e. The number of hydrogen-bond acceptors (Lipinski definition) is 3. The molecule has 0 spiro atoms. The first kappa shape index (κ1) is 28.2. The molecule has 1 aromatic carbocycles. The predicted octanol–water partition coefficient (Wildman–Crippen LogP) is 6.59. The molecule has 0 atom stereocenters. The lowest BCUT2D eigenvalue weighted by Gasteiger charge is -2.41. The fourth-order valence-electron chi connectivity index (χ4n) is 4.64. The van der Waals surface area contributed by atoms with Gasteiger partial charge in [-0.05, 0) is 69.1 Å². The second-order valence-electron chi connectivity index (χ2n) is 8.53. The van der Waals surface area contributed by atoms with Crippen LogP contribution in [0.5, 0.6) is 0 Å². The summed E-state index contributed by atoms with van der Waals surface area (Å²) in [6.45, 7) is 10.2. The Kier molecular flexibility index (Phi) is 12.4. The minimum absolute atomic E-state index is 0. The fraction of sp³-hybridized carbons (Fsp3) is 0.560. The van der Waals surface area contributed by atoms with Crippen LogP contribution in [0.15, 0.2) is 42.6 Å². The Labute approximate surface area is 207 Å². The smallest absolute Gasteiger partial charge is 0.0435 e. The van der Waals surface area contributed by atoms with Gasteiger partial charge in [0.2, 0.25) is 0 Å². The summed E-state index contributed by atoms with van der Waals surface area (Å²) in [4.78, 5) is 10.0. The van der Waals surface area contributed by atoms with Crippen LogP contribution in [-0.4, -0.2) is 47.0 Å². The van der Waals surface area contributed by atoms with Crippen molar-refractivity contribution in [3.8, 4) is 11.1 Å². The van der Waals surface area contributed by atoms with Gasteiger partial charge >= 0.3 is 0 Å². The number of aromatic nitrogens is 1. The van der Waals surface area contributed by atoms with Crippen LogP contribution in [-0.2, 0) is 6.54 Å². The van der Waals surface area contributed by atoms with Gasteiger partial charge in [-0.2, -0.15) is 0 Å². The number of hydrogen-bond donors (Lipinski definition) is 0. The molecule has 1 aliphatic carbocycles. The Bertz CT molecular complexity index is 736. The third kappa shape index (κ3) is 7.07. The molecule has 0 radical (unpaired) electrons. The molecular weight excluding hydrogens is 449 g/mol. The molecule has 6 heteroatoms. The van der Waals surface area contributed by atoms with Crippen molar-refractivity contribution in [2.45, 2.75) is 64.5 Å². The van der Waals surface area contributed by atoms with Crippen molar-refractivity contribution in [3.05, 3.63) is 53.9 Å². The van der Waals surface area contributed by atoms with Crippen LogP contribution < -0.4 is 0 Å². The van der Waals surface area contributed by atoms with Crippen LogP contribution in [0.2, 0.25) is 0 Å². The minimum Gasteiger partial charge on any atom is -0.300 e. The topological polar surface area (TPSA) is 19.4 Å². The Morgan fingerprint density at radius 3 is 1.94 bits per heavy atom. The molecular formula is C25H38Cl3N3. The molecule has 174 valence electrons. The molecule has 3 nitrogen and oxygen atoms in total. The fourth-order valence-corrected chi connectivity index (χ4v) is 4.64. The molecule has 2 fully saturated rings. The van der Waals surface area contributed by atoms with Crippen molar-refractivity contribution in [1.82, 2.24) is 14.8 Å². The van der Waals surface area contributed by atoms with Crippen LogP contribution in [0.1, 0.15) is 63.1 Å². The van der Waals surface area contributed by atoms with E-state index in [-0.39, 0.29) is 37.2 Å². The molecule has 2 aromatic rings. The number of likely N-dealkylation sites (tertiary alicyclic amines) is 1. The molecule has 4 rings (SSSR count). The van der Waals surface area contributed by atoms with E-state index >= 15 is 0 Å². The summed E-state index contributed by atoms with van der Waals surface area (Å²) in [5.74, 6) is 0.641. The third-order valence-electron chi connectivity index (χ3n) is 6.91. The summed E-state index contributed by atoms with van der Waals surface area (Å²) in [6, 6.07) is 14.4. The highest BCUT2D eigenvalue weighted by Gasteiger charge is 2.29. The third-order valence-corrected chi connectivity index (χ3v) is 6.91. The van der Waals surface area contributed by atoms with Gasteiger partial charge < -0.3 is 4.90 Å².